The predicted molar refractivity (Wildman–Crippen MR) is 128 cm³/mol. The number of benzene rings is 3. The minimum absolute atomic E-state index is 0.489. The second kappa shape index (κ2) is 8.13. The summed E-state index contributed by atoms with van der Waals surface area (Å²) >= 11 is 0. The van der Waals surface area contributed by atoms with E-state index in [-0.39, 0.29) is 0 Å². The Morgan fingerprint density at radius 1 is 1.12 bits per heavy atom. The molecule has 3 aromatic carbocycles. The average molecular weight is 462 g/mol. The predicted octanol–water partition coefficient (Wildman–Crippen LogP) is 6.63. The molecule has 0 fully saturated rings. The van der Waals surface area contributed by atoms with E-state index in [2.05, 4.69) is 4.98 Å². The van der Waals surface area contributed by atoms with Crippen LogP contribution in [0.5, 0.6) is 5.75 Å². The fourth-order valence-electron chi connectivity index (χ4n) is 4.85. The Hall–Kier alpha value is -3.38. The molecule has 2 heterocycles. The van der Waals surface area contributed by atoms with Gasteiger partial charge in [-0.05, 0) is 91.1 Å². The number of carbonyl (C=O) groups is 1. The summed E-state index contributed by atoms with van der Waals surface area (Å²) in [5.41, 5.74) is 3.87. The van der Waals surface area contributed by atoms with E-state index in [4.69, 9.17) is 9.47 Å². The Bertz CT molecular complexity index is 1450. The topological polar surface area (TPSA) is 48.4 Å². The van der Waals surface area contributed by atoms with E-state index in [1.54, 1.807) is 12.3 Å². The second-order valence-electron chi connectivity index (χ2n) is 9.66. The molecule has 0 amide bonds. The van der Waals surface area contributed by atoms with Crippen molar-refractivity contribution in [1.29, 1.82) is 0 Å². The number of hydrogen-bond acceptors (Lipinski definition) is 4. The fourth-order valence-corrected chi connectivity index (χ4v) is 4.85. The summed E-state index contributed by atoms with van der Waals surface area (Å²) in [5, 5.41) is 1.92. The maximum Gasteiger partial charge on any atom is 0.159 e. The van der Waals surface area contributed by atoms with E-state index in [9.17, 15) is 13.6 Å². The summed E-state index contributed by atoms with van der Waals surface area (Å²) in [4.78, 5) is 17.0. The van der Waals surface area contributed by atoms with Crippen LogP contribution in [-0.4, -0.2) is 23.5 Å². The van der Waals surface area contributed by atoms with Crippen molar-refractivity contribution >= 4 is 28.0 Å². The largest absolute Gasteiger partial charge is 0.493 e. The van der Waals surface area contributed by atoms with E-state index < -0.39 is 23.3 Å². The maximum atomic E-state index is 14.5. The first-order chi connectivity index (χ1) is 16.2. The van der Waals surface area contributed by atoms with Gasteiger partial charge in [-0.2, -0.15) is 0 Å². The smallest absolute Gasteiger partial charge is 0.159 e. The monoisotopic (exact) mass is 461 g/mol. The third-order valence-electron chi connectivity index (χ3n) is 6.16. The van der Waals surface area contributed by atoms with Crippen molar-refractivity contribution in [3.05, 3.63) is 70.9 Å². The molecular weight excluding hydrogens is 436 g/mol. The highest BCUT2D eigenvalue weighted by Crippen LogP contribution is 2.44. The number of hydrogen-bond donors (Lipinski definition) is 0. The lowest BCUT2D eigenvalue weighted by Crippen LogP contribution is -2.24. The van der Waals surface area contributed by atoms with Crippen LogP contribution in [0.4, 0.5) is 8.78 Å². The van der Waals surface area contributed by atoms with Gasteiger partial charge in [0.2, 0.25) is 0 Å². The molecule has 0 unspecified atom stereocenters. The number of aromatic nitrogens is 1. The minimum Gasteiger partial charge on any atom is -0.493 e. The van der Waals surface area contributed by atoms with Gasteiger partial charge in [0.1, 0.15) is 11.9 Å². The number of halogens is 2. The van der Waals surface area contributed by atoms with Crippen molar-refractivity contribution in [3.63, 3.8) is 0 Å². The highest BCUT2D eigenvalue weighted by Gasteiger charge is 2.28. The number of aryl methyl sites for hydroxylation is 1. The molecule has 0 spiro atoms. The Labute approximate surface area is 196 Å². The van der Waals surface area contributed by atoms with Gasteiger partial charge >= 0.3 is 0 Å². The number of rotatable bonds is 4. The molecule has 0 aliphatic carbocycles. The molecule has 34 heavy (non-hydrogen) atoms. The highest BCUT2D eigenvalue weighted by molar-refractivity contribution is 6.08. The molecule has 6 heteroatoms. The first-order valence-corrected chi connectivity index (χ1v) is 11.3. The molecule has 4 aromatic rings. The van der Waals surface area contributed by atoms with Crippen molar-refractivity contribution in [2.24, 2.45) is 0 Å². The lowest BCUT2D eigenvalue weighted by Gasteiger charge is -2.28. The van der Waals surface area contributed by atoms with Gasteiger partial charge in [-0.3, -0.25) is 4.98 Å². The molecule has 174 valence electrons. The number of nitrogens with zero attached hydrogens (tertiary/aromatic N) is 1. The zero-order chi connectivity index (χ0) is 24.2. The van der Waals surface area contributed by atoms with Crippen molar-refractivity contribution < 1.29 is 23.0 Å². The van der Waals surface area contributed by atoms with Crippen LogP contribution in [0.25, 0.3) is 32.8 Å². The van der Waals surface area contributed by atoms with Crippen LogP contribution in [0.2, 0.25) is 0 Å². The summed E-state index contributed by atoms with van der Waals surface area (Å²) in [5.74, 6) is -1.14. The van der Waals surface area contributed by atoms with E-state index in [1.165, 1.54) is 12.1 Å². The third-order valence-corrected chi connectivity index (χ3v) is 6.16. The fraction of sp³-hybridized carbons (Fsp3) is 0.286. The van der Waals surface area contributed by atoms with Gasteiger partial charge in [0.05, 0.1) is 17.7 Å². The maximum absolute atomic E-state index is 14.5. The molecule has 1 aliphatic heterocycles. The van der Waals surface area contributed by atoms with Gasteiger partial charge in [0, 0.05) is 23.6 Å². The Morgan fingerprint density at radius 2 is 1.88 bits per heavy atom. The summed E-state index contributed by atoms with van der Waals surface area (Å²) in [6.07, 6.45) is 2.34. The molecule has 0 N–H and O–H groups in total. The SMILES string of the molecule is Cc1cc2cc(F)c(F)cc2c(-c2ccc3c4c(ccnc24)CCO3)c1[C@H](C=O)OC(C)(C)C. The van der Waals surface area contributed by atoms with Crippen molar-refractivity contribution in [2.45, 2.75) is 45.8 Å². The van der Waals surface area contributed by atoms with Gasteiger partial charge in [0.15, 0.2) is 17.9 Å². The standard InChI is InChI=1S/C28H25F2NO3/c1-15-11-17-12-20(29)21(30)13-19(17)26(24(15)23(14-32)34-28(2,3)4)18-5-6-22-25-16(8-10-33-22)7-9-31-27(18)25/h5-7,9,11-14,23H,8,10H2,1-4H3/t23-/m0/s1. The lowest BCUT2D eigenvalue weighted by molar-refractivity contribution is -0.128. The summed E-state index contributed by atoms with van der Waals surface area (Å²) < 4.78 is 40.7. The molecule has 0 bridgehead atoms. The lowest BCUT2D eigenvalue weighted by atomic mass is 9.85. The first kappa shape index (κ1) is 22.4. The molecule has 0 radical (unpaired) electrons. The van der Waals surface area contributed by atoms with E-state index >= 15 is 0 Å². The van der Waals surface area contributed by atoms with Crippen molar-refractivity contribution in [1.82, 2.24) is 4.98 Å². The average Bonchev–Trinajstić information content (AvgIpc) is 2.78. The summed E-state index contributed by atoms with van der Waals surface area (Å²) in [7, 11) is 0. The van der Waals surface area contributed by atoms with E-state index in [1.807, 2.05) is 45.9 Å². The Balaban J connectivity index is 1.92. The minimum atomic E-state index is -0.957. The molecule has 1 aliphatic rings. The van der Waals surface area contributed by atoms with Crippen LogP contribution in [0.3, 0.4) is 0 Å². The van der Waals surface area contributed by atoms with Gasteiger partial charge < -0.3 is 14.3 Å². The van der Waals surface area contributed by atoms with Gasteiger partial charge in [-0.25, -0.2) is 8.78 Å². The number of pyridine rings is 1. The quantitative estimate of drug-likeness (QED) is 0.320. The number of carbonyl (C=O) groups excluding carboxylic acids is 1. The van der Waals surface area contributed by atoms with Crippen molar-refractivity contribution in [3.8, 4) is 16.9 Å². The van der Waals surface area contributed by atoms with Crippen LogP contribution in [0.15, 0.2) is 42.6 Å². The number of ether oxygens (including phenoxy) is 2. The zero-order valence-corrected chi connectivity index (χ0v) is 19.5. The molecule has 1 atom stereocenters. The Kier molecular flexibility index (Phi) is 5.36. The van der Waals surface area contributed by atoms with Gasteiger partial charge in [-0.1, -0.05) is 6.07 Å². The second-order valence-corrected chi connectivity index (χ2v) is 9.66. The van der Waals surface area contributed by atoms with Crippen LogP contribution in [-0.2, 0) is 16.0 Å². The van der Waals surface area contributed by atoms with Gasteiger partial charge in [-0.15, -0.1) is 0 Å². The molecule has 0 saturated carbocycles. The molecule has 4 nitrogen and oxygen atoms in total. The number of aldehydes is 1. The number of fused-ring (bicyclic) bond motifs is 1. The van der Waals surface area contributed by atoms with Crippen LogP contribution in [0.1, 0.15) is 43.6 Å². The van der Waals surface area contributed by atoms with Crippen LogP contribution >= 0.6 is 0 Å². The van der Waals surface area contributed by atoms with Crippen LogP contribution in [0, 0.1) is 18.6 Å². The van der Waals surface area contributed by atoms with Crippen molar-refractivity contribution in [2.75, 3.05) is 6.61 Å². The molecule has 1 aromatic heterocycles. The molecular formula is C28H25F2NO3. The third kappa shape index (κ3) is 3.72. The first-order valence-electron chi connectivity index (χ1n) is 11.3. The normalized spacial score (nSPS) is 14.3. The Morgan fingerprint density at radius 3 is 2.62 bits per heavy atom. The van der Waals surface area contributed by atoms with Crippen LogP contribution < -0.4 is 4.74 Å². The molecule has 0 saturated heterocycles. The van der Waals surface area contributed by atoms with E-state index in [0.717, 1.165) is 35.0 Å². The van der Waals surface area contributed by atoms with Gasteiger partial charge in [0.25, 0.3) is 0 Å². The summed E-state index contributed by atoms with van der Waals surface area (Å²) in [6.45, 7) is 8.05. The molecule has 5 rings (SSSR count). The zero-order valence-electron chi connectivity index (χ0n) is 19.5. The van der Waals surface area contributed by atoms with E-state index in [0.29, 0.717) is 39.6 Å². The summed E-state index contributed by atoms with van der Waals surface area (Å²) in [6, 6.07) is 9.86. The highest BCUT2D eigenvalue weighted by atomic mass is 19.2.